The fourth-order valence-electron chi connectivity index (χ4n) is 1.45. The van der Waals surface area contributed by atoms with Gasteiger partial charge in [-0.15, -0.1) is 0 Å². The third kappa shape index (κ3) is 5.05. The minimum atomic E-state index is -0.761. The van der Waals surface area contributed by atoms with Crippen LogP contribution in [0.25, 0.3) is 0 Å². The average molecular weight is 434 g/mol. The molecule has 126 valence electrons. The van der Waals surface area contributed by atoms with E-state index in [1.807, 2.05) is 22.6 Å². The number of allylic oxidation sites excluding steroid dienone is 1. The molecule has 0 spiro atoms. The predicted octanol–water partition coefficient (Wildman–Crippen LogP) is 0.931. The number of hydrazine groups is 1. The zero-order valence-electron chi connectivity index (χ0n) is 13.6. The molecule has 0 unspecified atom stereocenters. The summed E-state index contributed by atoms with van der Waals surface area (Å²) in [5, 5.41) is 3.96. The number of carbonyl (C=O) groups excluding carboxylic acids is 3. The van der Waals surface area contributed by atoms with Gasteiger partial charge in [0.1, 0.15) is 11.4 Å². The van der Waals surface area contributed by atoms with Crippen molar-refractivity contribution in [3.05, 3.63) is 27.2 Å². The van der Waals surface area contributed by atoms with Gasteiger partial charge in [-0.1, -0.05) is 20.8 Å². The van der Waals surface area contributed by atoms with Gasteiger partial charge in [0, 0.05) is 18.5 Å². The van der Waals surface area contributed by atoms with E-state index in [9.17, 15) is 14.4 Å². The molecule has 0 aliphatic carbocycles. The Kier molecular flexibility index (Phi) is 6.30. The highest BCUT2D eigenvalue weighted by molar-refractivity contribution is 14.1. The standard InChI is InChI=1S/C14H19IN4O4/c1-14(2,3)10(20)6-9(13(22)23-5)17-18-12(21)11-8(15)7-16-19(11)4/h6-7,17H,1-5H3,(H,18,21). The predicted molar refractivity (Wildman–Crippen MR) is 91.1 cm³/mol. The number of nitrogens with one attached hydrogen (secondary N) is 2. The first-order valence-corrected chi connectivity index (χ1v) is 7.74. The van der Waals surface area contributed by atoms with Crippen LogP contribution in [0.15, 0.2) is 18.0 Å². The van der Waals surface area contributed by atoms with Crippen molar-refractivity contribution >= 4 is 40.3 Å². The fourth-order valence-corrected chi connectivity index (χ4v) is 2.17. The van der Waals surface area contributed by atoms with E-state index < -0.39 is 17.3 Å². The largest absolute Gasteiger partial charge is 0.464 e. The summed E-state index contributed by atoms with van der Waals surface area (Å²) in [5.74, 6) is -1.54. The zero-order valence-corrected chi connectivity index (χ0v) is 15.7. The van der Waals surface area contributed by atoms with Crippen LogP contribution < -0.4 is 10.9 Å². The molecule has 0 fully saturated rings. The average Bonchev–Trinajstić information content (AvgIpc) is 2.80. The van der Waals surface area contributed by atoms with Gasteiger partial charge < -0.3 is 4.74 Å². The number of carbonyl (C=O) groups is 3. The van der Waals surface area contributed by atoms with Crippen LogP contribution in [0.5, 0.6) is 0 Å². The van der Waals surface area contributed by atoms with Crippen molar-refractivity contribution in [2.24, 2.45) is 12.5 Å². The molecule has 0 radical (unpaired) electrons. The van der Waals surface area contributed by atoms with Crippen molar-refractivity contribution in [2.45, 2.75) is 20.8 Å². The molecule has 0 bridgehead atoms. The van der Waals surface area contributed by atoms with Crippen molar-refractivity contribution in [1.82, 2.24) is 20.6 Å². The van der Waals surface area contributed by atoms with Gasteiger partial charge in [0.2, 0.25) is 0 Å². The van der Waals surface area contributed by atoms with Gasteiger partial charge in [0.15, 0.2) is 5.78 Å². The Bertz CT molecular complexity index is 639. The Morgan fingerprint density at radius 3 is 2.35 bits per heavy atom. The molecule has 0 aromatic carbocycles. The third-order valence-electron chi connectivity index (χ3n) is 2.84. The van der Waals surface area contributed by atoms with E-state index in [0.717, 1.165) is 6.08 Å². The van der Waals surface area contributed by atoms with E-state index >= 15 is 0 Å². The van der Waals surface area contributed by atoms with Gasteiger partial charge in [-0.3, -0.25) is 25.1 Å². The molecule has 1 heterocycles. The number of nitrogens with zero attached hydrogens (tertiary/aromatic N) is 2. The van der Waals surface area contributed by atoms with Gasteiger partial charge in [-0.05, 0) is 22.6 Å². The summed E-state index contributed by atoms with van der Waals surface area (Å²) in [5.41, 5.74) is 4.31. The van der Waals surface area contributed by atoms with Crippen molar-refractivity contribution in [2.75, 3.05) is 7.11 Å². The van der Waals surface area contributed by atoms with Gasteiger partial charge >= 0.3 is 5.97 Å². The number of esters is 1. The van der Waals surface area contributed by atoms with Crippen LogP contribution in [-0.4, -0.2) is 34.6 Å². The van der Waals surface area contributed by atoms with Crippen LogP contribution in [0.1, 0.15) is 31.3 Å². The van der Waals surface area contributed by atoms with Gasteiger partial charge in [0.25, 0.3) is 5.91 Å². The lowest BCUT2D eigenvalue weighted by Gasteiger charge is -2.16. The fraction of sp³-hybridized carbons (Fsp3) is 0.429. The van der Waals surface area contributed by atoms with Crippen molar-refractivity contribution in [3.63, 3.8) is 0 Å². The maximum Gasteiger partial charge on any atom is 0.356 e. The zero-order chi connectivity index (χ0) is 17.8. The minimum absolute atomic E-state index is 0.155. The molecule has 0 aliphatic heterocycles. The molecule has 1 aromatic rings. The molecule has 8 nitrogen and oxygen atoms in total. The monoisotopic (exact) mass is 434 g/mol. The van der Waals surface area contributed by atoms with Crippen LogP contribution in [0.4, 0.5) is 0 Å². The van der Waals surface area contributed by atoms with Gasteiger partial charge in [-0.2, -0.15) is 5.10 Å². The van der Waals surface area contributed by atoms with E-state index in [1.165, 1.54) is 18.0 Å². The second-order valence-corrected chi connectivity index (χ2v) is 6.87. The van der Waals surface area contributed by atoms with Crippen LogP contribution in [0, 0.1) is 8.99 Å². The summed E-state index contributed by atoms with van der Waals surface area (Å²) >= 11 is 1.97. The molecule has 0 aliphatic rings. The smallest absolute Gasteiger partial charge is 0.356 e. The summed E-state index contributed by atoms with van der Waals surface area (Å²) in [6, 6.07) is 0. The van der Waals surface area contributed by atoms with Crippen LogP contribution in [0.2, 0.25) is 0 Å². The lowest BCUT2D eigenvalue weighted by atomic mass is 9.90. The second-order valence-electron chi connectivity index (χ2n) is 5.71. The third-order valence-corrected chi connectivity index (χ3v) is 3.63. The second kappa shape index (κ2) is 7.57. The number of amides is 1. The molecule has 9 heteroatoms. The van der Waals surface area contributed by atoms with Gasteiger partial charge in [-0.25, -0.2) is 4.79 Å². The molecule has 1 rings (SSSR count). The van der Waals surface area contributed by atoms with E-state index in [2.05, 4.69) is 20.7 Å². The maximum absolute atomic E-state index is 12.1. The number of rotatable bonds is 5. The van der Waals surface area contributed by atoms with Crippen molar-refractivity contribution in [1.29, 1.82) is 0 Å². The van der Waals surface area contributed by atoms with E-state index in [4.69, 9.17) is 0 Å². The molecular formula is C14H19IN4O4. The summed E-state index contributed by atoms with van der Waals surface area (Å²) in [4.78, 5) is 35.9. The van der Waals surface area contributed by atoms with E-state index in [0.29, 0.717) is 9.26 Å². The molecule has 0 atom stereocenters. The number of hydrogen-bond donors (Lipinski definition) is 2. The van der Waals surface area contributed by atoms with E-state index in [1.54, 1.807) is 27.8 Å². The summed E-state index contributed by atoms with van der Waals surface area (Å²) in [7, 11) is 2.81. The Balaban J connectivity index is 2.92. The molecular weight excluding hydrogens is 415 g/mol. The topological polar surface area (TPSA) is 102 Å². The highest BCUT2D eigenvalue weighted by atomic mass is 127. The Labute approximate surface area is 147 Å². The molecule has 1 aromatic heterocycles. The highest BCUT2D eigenvalue weighted by Crippen LogP contribution is 2.16. The summed E-state index contributed by atoms with van der Waals surface area (Å²) in [6.45, 7) is 5.16. The molecule has 0 saturated heterocycles. The summed E-state index contributed by atoms with van der Waals surface area (Å²) < 4.78 is 6.66. The number of aryl methyl sites for hydroxylation is 1. The minimum Gasteiger partial charge on any atom is -0.464 e. The number of methoxy groups -OCH3 is 1. The quantitative estimate of drug-likeness (QED) is 0.310. The molecule has 1 amide bonds. The van der Waals surface area contributed by atoms with Crippen molar-refractivity contribution in [3.8, 4) is 0 Å². The first-order chi connectivity index (χ1) is 10.6. The molecule has 23 heavy (non-hydrogen) atoms. The Morgan fingerprint density at radius 1 is 1.30 bits per heavy atom. The van der Waals surface area contributed by atoms with E-state index in [-0.39, 0.29) is 11.5 Å². The lowest BCUT2D eigenvalue weighted by molar-refractivity contribution is -0.137. The first kappa shape index (κ1) is 19.1. The highest BCUT2D eigenvalue weighted by Gasteiger charge is 2.23. The number of ether oxygens (including phenoxy) is 1. The number of ketones is 1. The maximum atomic E-state index is 12.1. The van der Waals surface area contributed by atoms with Crippen LogP contribution in [0.3, 0.4) is 0 Å². The SMILES string of the molecule is COC(=O)C(=CC(=O)C(C)(C)C)NNC(=O)c1c(I)cnn1C. The van der Waals surface area contributed by atoms with Crippen LogP contribution >= 0.6 is 22.6 Å². The van der Waals surface area contributed by atoms with Crippen molar-refractivity contribution < 1.29 is 19.1 Å². The normalized spacial score (nSPS) is 11.8. The summed E-state index contributed by atoms with van der Waals surface area (Å²) in [6.07, 6.45) is 2.65. The lowest BCUT2D eigenvalue weighted by Crippen LogP contribution is -2.41. The molecule has 0 saturated carbocycles. The molecule has 2 N–H and O–H groups in total. The van der Waals surface area contributed by atoms with Crippen LogP contribution in [-0.2, 0) is 21.4 Å². The number of halogens is 1. The Hall–Kier alpha value is -1.91. The number of aromatic nitrogens is 2. The first-order valence-electron chi connectivity index (χ1n) is 6.66. The number of hydrogen-bond acceptors (Lipinski definition) is 6. The van der Waals surface area contributed by atoms with Gasteiger partial charge in [0.05, 0.1) is 16.9 Å². The Morgan fingerprint density at radius 2 is 1.91 bits per heavy atom.